The smallest absolute Gasteiger partial charge is 0.305 e. The van der Waals surface area contributed by atoms with Crippen molar-refractivity contribution >= 4 is 28.6 Å². The molecule has 1 aromatic heterocycles. The van der Waals surface area contributed by atoms with Crippen molar-refractivity contribution in [2.24, 2.45) is 4.99 Å². The van der Waals surface area contributed by atoms with Gasteiger partial charge in [0, 0.05) is 36.2 Å². The molecule has 7 nitrogen and oxygen atoms in total. The van der Waals surface area contributed by atoms with Crippen LogP contribution >= 0.6 is 0 Å². The molecule has 3 N–H and O–H groups in total. The number of carboxylic acid groups (broad SMARTS) is 1. The number of amidine groups is 1. The number of hydrogen-bond acceptors (Lipinski definition) is 5. The van der Waals surface area contributed by atoms with Crippen molar-refractivity contribution in [1.29, 1.82) is 0 Å². The molecule has 2 aromatic rings. The Morgan fingerprint density at radius 3 is 2.97 bits per heavy atom. The van der Waals surface area contributed by atoms with Gasteiger partial charge in [-0.05, 0) is 37.0 Å². The summed E-state index contributed by atoms with van der Waals surface area (Å²) >= 11 is 0. The summed E-state index contributed by atoms with van der Waals surface area (Å²) in [6.45, 7) is 0.847. The summed E-state index contributed by atoms with van der Waals surface area (Å²) in [5.74, 6) is -0.0840. The maximum Gasteiger partial charge on any atom is 0.305 e. The standard InChI is InChI=1S/C26H30N4O3/c31-24(11-3-1-2-9-21-13-12-18-8-6-14-27-26(18)29-21)30-23(16-25(32)33)20-15-19-7-4-5-10-22(19)28-17-20/h4-5,7-8,10,12-13,15,17,21,23H,1-3,6,9,11,14,16H2,(H,27,29)(H,30,31)(H,32,33). The van der Waals surface area contributed by atoms with Crippen LogP contribution in [0.25, 0.3) is 10.9 Å². The SMILES string of the molecule is O=C(O)CC(NC(=O)CCCCCC1C=CC2=CCCN=C2N1)c1cnc2ccccc2c1. The maximum absolute atomic E-state index is 12.5. The van der Waals surface area contributed by atoms with E-state index < -0.39 is 12.0 Å². The first kappa shape index (κ1) is 22.7. The molecule has 0 aliphatic carbocycles. The highest BCUT2D eigenvalue weighted by Crippen LogP contribution is 2.21. The number of nitrogens with one attached hydrogen (secondary N) is 2. The fourth-order valence-electron chi connectivity index (χ4n) is 4.27. The molecule has 2 atom stereocenters. The summed E-state index contributed by atoms with van der Waals surface area (Å²) in [6.07, 6.45) is 13.1. The number of para-hydroxylation sites is 1. The number of pyridine rings is 1. The number of unbranched alkanes of at least 4 members (excludes halogenated alkanes) is 2. The second-order valence-corrected chi connectivity index (χ2v) is 8.57. The summed E-state index contributed by atoms with van der Waals surface area (Å²) in [7, 11) is 0. The van der Waals surface area contributed by atoms with Crippen LogP contribution in [-0.2, 0) is 9.59 Å². The predicted molar refractivity (Wildman–Crippen MR) is 129 cm³/mol. The van der Waals surface area contributed by atoms with Crippen LogP contribution in [0.5, 0.6) is 0 Å². The number of carbonyl (C=O) groups is 2. The number of rotatable bonds is 10. The predicted octanol–water partition coefficient (Wildman–Crippen LogP) is 4.07. The van der Waals surface area contributed by atoms with Gasteiger partial charge in [-0.2, -0.15) is 0 Å². The number of aromatic nitrogens is 1. The molecule has 1 aromatic carbocycles. The van der Waals surface area contributed by atoms with Gasteiger partial charge in [-0.25, -0.2) is 0 Å². The van der Waals surface area contributed by atoms with Gasteiger partial charge in [0.15, 0.2) is 0 Å². The van der Waals surface area contributed by atoms with Crippen molar-refractivity contribution < 1.29 is 14.7 Å². The molecule has 2 unspecified atom stereocenters. The lowest BCUT2D eigenvalue weighted by molar-refractivity contribution is -0.137. The summed E-state index contributed by atoms with van der Waals surface area (Å²) < 4.78 is 0. The molecule has 0 spiro atoms. The number of aliphatic imine (C=N–C) groups is 1. The molecular weight excluding hydrogens is 416 g/mol. The van der Waals surface area contributed by atoms with Gasteiger partial charge in [-0.15, -0.1) is 0 Å². The van der Waals surface area contributed by atoms with Crippen LogP contribution in [0.4, 0.5) is 0 Å². The lowest BCUT2D eigenvalue weighted by Crippen LogP contribution is -2.38. The van der Waals surface area contributed by atoms with Gasteiger partial charge in [-0.1, -0.05) is 49.3 Å². The van der Waals surface area contributed by atoms with Gasteiger partial charge in [-0.3, -0.25) is 19.6 Å². The molecule has 33 heavy (non-hydrogen) atoms. The van der Waals surface area contributed by atoms with Crippen LogP contribution < -0.4 is 10.6 Å². The molecule has 4 rings (SSSR count). The second kappa shape index (κ2) is 10.9. The normalized spacial score (nSPS) is 18.0. The first-order valence-electron chi connectivity index (χ1n) is 11.6. The number of hydrogen-bond donors (Lipinski definition) is 3. The Balaban J connectivity index is 1.23. The topological polar surface area (TPSA) is 104 Å². The zero-order valence-corrected chi connectivity index (χ0v) is 18.7. The van der Waals surface area contributed by atoms with Crippen LogP contribution in [0.15, 0.2) is 65.3 Å². The molecule has 0 fully saturated rings. The Morgan fingerprint density at radius 2 is 2.09 bits per heavy atom. The molecule has 1 amide bonds. The van der Waals surface area contributed by atoms with E-state index in [1.165, 1.54) is 5.57 Å². The molecule has 2 aliphatic heterocycles. The summed E-state index contributed by atoms with van der Waals surface area (Å²) in [5.41, 5.74) is 2.73. The monoisotopic (exact) mass is 446 g/mol. The summed E-state index contributed by atoms with van der Waals surface area (Å²) in [6, 6.07) is 9.24. The lowest BCUT2D eigenvalue weighted by atomic mass is 10.00. The minimum absolute atomic E-state index is 0.128. The number of aliphatic carboxylic acids is 1. The first-order chi connectivity index (χ1) is 16.1. The molecule has 0 saturated heterocycles. The van der Waals surface area contributed by atoms with Crippen LogP contribution in [0.3, 0.4) is 0 Å². The van der Waals surface area contributed by atoms with Crippen LogP contribution in [-0.4, -0.2) is 40.4 Å². The van der Waals surface area contributed by atoms with Crippen molar-refractivity contribution in [3.63, 3.8) is 0 Å². The van der Waals surface area contributed by atoms with Gasteiger partial charge in [0.2, 0.25) is 5.91 Å². The number of amides is 1. The molecule has 172 valence electrons. The van der Waals surface area contributed by atoms with Gasteiger partial charge in [0.25, 0.3) is 0 Å². The van der Waals surface area contributed by atoms with E-state index in [4.69, 9.17) is 0 Å². The van der Waals surface area contributed by atoms with E-state index in [0.29, 0.717) is 12.0 Å². The highest BCUT2D eigenvalue weighted by molar-refractivity contribution is 6.02. The van der Waals surface area contributed by atoms with Crippen LogP contribution in [0.1, 0.15) is 56.6 Å². The zero-order valence-electron chi connectivity index (χ0n) is 18.7. The van der Waals surface area contributed by atoms with Crippen molar-refractivity contribution in [3.05, 3.63) is 65.9 Å². The number of carboxylic acids is 1. The third-order valence-electron chi connectivity index (χ3n) is 6.01. The van der Waals surface area contributed by atoms with E-state index in [-0.39, 0.29) is 18.4 Å². The van der Waals surface area contributed by atoms with E-state index in [1.54, 1.807) is 6.20 Å². The zero-order chi connectivity index (χ0) is 23.0. The van der Waals surface area contributed by atoms with Gasteiger partial charge >= 0.3 is 5.97 Å². The average molecular weight is 447 g/mol. The van der Waals surface area contributed by atoms with Gasteiger partial charge in [0.05, 0.1) is 18.0 Å². The lowest BCUT2D eigenvalue weighted by Gasteiger charge is -2.25. The van der Waals surface area contributed by atoms with Crippen LogP contribution in [0, 0.1) is 0 Å². The Hall–Kier alpha value is -3.48. The Labute approximate surface area is 193 Å². The molecule has 0 saturated carbocycles. The van der Waals surface area contributed by atoms with E-state index >= 15 is 0 Å². The van der Waals surface area contributed by atoms with E-state index in [9.17, 15) is 14.7 Å². The number of nitrogens with zero attached hydrogens (tertiary/aromatic N) is 2. The highest BCUT2D eigenvalue weighted by Gasteiger charge is 2.19. The van der Waals surface area contributed by atoms with Crippen molar-refractivity contribution in [2.75, 3.05) is 6.54 Å². The molecule has 0 bridgehead atoms. The molecule has 7 heteroatoms. The van der Waals surface area contributed by atoms with Gasteiger partial charge in [0.1, 0.15) is 5.84 Å². The maximum atomic E-state index is 12.5. The number of carbonyl (C=O) groups excluding carboxylic acids is 1. The summed E-state index contributed by atoms with van der Waals surface area (Å²) in [4.78, 5) is 32.8. The Bertz CT molecular complexity index is 1110. The molecular formula is C26H30N4O3. The van der Waals surface area contributed by atoms with Crippen molar-refractivity contribution in [2.45, 2.75) is 57.0 Å². The van der Waals surface area contributed by atoms with Gasteiger partial charge < -0.3 is 15.7 Å². The minimum Gasteiger partial charge on any atom is -0.481 e. The van der Waals surface area contributed by atoms with E-state index in [1.807, 2.05) is 30.3 Å². The number of fused-ring (bicyclic) bond motifs is 2. The van der Waals surface area contributed by atoms with E-state index in [0.717, 1.165) is 55.4 Å². The molecule has 0 radical (unpaired) electrons. The largest absolute Gasteiger partial charge is 0.481 e. The Kier molecular flexibility index (Phi) is 7.50. The minimum atomic E-state index is -0.956. The first-order valence-corrected chi connectivity index (χ1v) is 11.6. The van der Waals surface area contributed by atoms with E-state index in [2.05, 4.69) is 38.8 Å². The average Bonchev–Trinajstić information content (AvgIpc) is 2.82. The molecule has 2 aliphatic rings. The third kappa shape index (κ3) is 6.28. The van der Waals surface area contributed by atoms with Crippen molar-refractivity contribution in [1.82, 2.24) is 15.6 Å². The molecule has 3 heterocycles. The fraction of sp³-hybridized carbons (Fsp3) is 0.385. The fourth-order valence-corrected chi connectivity index (χ4v) is 4.27. The number of benzene rings is 1. The number of dihydropyridines is 1. The third-order valence-corrected chi connectivity index (χ3v) is 6.01. The quantitative estimate of drug-likeness (QED) is 0.477. The Morgan fingerprint density at radius 1 is 1.21 bits per heavy atom. The summed E-state index contributed by atoms with van der Waals surface area (Å²) in [5, 5.41) is 16.6. The van der Waals surface area contributed by atoms with Crippen molar-refractivity contribution in [3.8, 4) is 0 Å². The highest BCUT2D eigenvalue weighted by atomic mass is 16.4. The van der Waals surface area contributed by atoms with Crippen LogP contribution in [0.2, 0.25) is 0 Å². The second-order valence-electron chi connectivity index (χ2n) is 8.57.